The van der Waals surface area contributed by atoms with Crippen LogP contribution in [0.15, 0.2) is 29.3 Å². The number of amides is 1. The fourth-order valence-electron chi connectivity index (χ4n) is 1.53. The number of carbonyl (C=O) groups excluding carboxylic acids is 1. The summed E-state index contributed by atoms with van der Waals surface area (Å²) in [7, 11) is 3.07. The smallest absolute Gasteiger partial charge is 0.411 e. The molecule has 0 aliphatic rings. The van der Waals surface area contributed by atoms with Crippen LogP contribution in [-0.4, -0.2) is 32.3 Å². The zero-order chi connectivity index (χ0) is 15.0. The molecule has 0 aliphatic heterocycles. The van der Waals surface area contributed by atoms with Crippen molar-refractivity contribution in [2.75, 3.05) is 19.5 Å². The molecule has 3 N–H and O–H groups in total. The quantitative estimate of drug-likeness (QED) is 0.581. The van der Waals surface area contributed by atoms with Gasteiger partial charge in [-0.1, -0.05) is 12.1 Å². The number of benzene rings is 1. The van der Waals surface area contributed by atoms with E-state index in [0.717, 1.165) is 11.5 Å². The molecule has 0 bridgehead atoms. The second kappa shape index (κ2) is 8.04. The van der Waals surface area contributed by atoms with E-state index in [4.69, 9.17) is 0 Å². The number of methoxy groups -OCH3 is 1. The molecule has 0 spiro atoms. The molecule has 110 valence electrons. The van der Waals surface area contributed by atoms with Crippen LogP contribution in [0.1, 0.15) is 19.4 Å². The summed E-state index contributed by atoms with van der Waals surface area (Å²) in [5, 5.41) is 9.03. The van der Waals surface area contributed by atoms with E-state index in [-0.39, 0.29) is 0 Å². The first kappa shape index (κ1) is 15.8. The Morgan fingerprint density at radius 1 is 1.30 bits per heavy atom. The van der Waals surface area contributed by atoms with Crippen LogP contribution in [0.4, 0.5) is 10.5 Å². The van der Waals surface area contributed by atoms with Crippen molar-refractivity contribution in [1.82, 2.24) is 10.6 Å². The van der Waals surface area contributed by atoms with Gasteiger partial charge in [-0.05, 0) is 31.5 Å². The van der Waals surface area contributed by atoms with Gasteiger partial charge in [0, 0.05) is 25.3 Å². The lowest BCUT2D eigenvalue weighted by atomic mass is 10.2. The lowest BCUT2D eigenvalue weighted by Gasteiger charge is -2.14. The van der Waals surface area contributed by atoms with Gasteiger partial charge in [0.05, 0.1) is 7.11 Å². The highest BCUT2D eigenvalue weighted by Crippen LogP contribution is 2.09. The molecule has 0 unspecified atom stereocenters. The Hall–Kier alpha value is -2.24. The first-order valence-electron chi connectivity index (χ1n) is 6.46. The summed E-state index contributed by atoms with van der Waals surface area (Å²) in [6.45, 7) is 4.77. The summed E-state index contributed by atoms with van der Waals surface area (Å²) >= 11 is 0. The van der Waals surface area contributed by atoms with Gasteiger partial charge in [0.25, 0.3) is 0 Å². The molecule has 6 heteroatoms. The van der Waals surface area contributed by atoms with Gasteiger partial charge in [0.15, 0.2) is 5.96 Å². The number of nitrogens with zero attached hydrogens (tertiary/aromatic N) is 1. The van der Waals surface area contributed by atoms with Crippen LogP contribution in [0, 0.1) is 0 Å². The van der Waals surface area contributed by atoms with E-state index in [9.17, 15) is 4.79 Å². The van der Waals surface area contributed by atoms with Gasteiger partial charge in [-0.3, -0.25) is 10.3 Å². The van der Waals surface area contributed by atoms with Gasteiger partial charge in [0.1, 0.15) is 0 Å². The third-order valence-corrected chi connectivity index (χ3v) is 2.49. The number of ether oxygens (including phenoxy) is 1. The molecule has 0 fully saturated rings. The maximum atomic E-state index is 11.1. The number of guanidine groups is 1. The van der Waals surface area contributed by atoms with Crippen molar-refractivity contribution in [2.24, 2.45) is 4.99 Å². The van der Waals surface area contributed by atoms with Gasteiger partial charge in [-0.2, -0.15) is 0 Å². The second-order valence-electron chi connectivity index (χ2n) is 4.54. The number of carbonyl (C=O) groups is 1. The van der Waals surface area contributed by atoms with Crippen LogP contribution in [0.5, 0.6) is 0 Å². The van der Waals surface area contributed by atoms with E-state index in [2.05, 4.69) is 39.5 Å². The lowest BCUT2D eigenvalue weighted by Crippen LogP contribution is -2.40. The van der Waals surface area contributed by atoms with Crippen LogP contribution >= 0.6 is 0 Å². The maximum absolute atomic E-state index is 11.1. The molecule has 1 amide bonds. The number of hydrogen-bond acceptors (Lipinski definition) is 3. The number of anilines is 1. The summed E-state index contributed by atoms with van der Waals surface area (Å²) in [4.78, 5) is 15.2. The molecule has 1 rings (SSSR count). The van der Waals surface area contributed by atoms with Crippen LogP contribution in [0.2, 0.25) is 0 Å². The minimum absolute atomic E-state index is 0.327. The molecule has 0 aromatic heterocycles. The number of nitrogens with one attached hydrogen (secondary N) is 3. The topological polar surface area (TPSA) is 74.8 Å². The highest BCUT2D eigenvalue weighted by atomic mass is 16.5. The van der Waals surface area contributed by atoms with Crippen molar-refractivity contribution in [3.63, 3.8) is 0 Å². The predicted octanol–water partition coefficient (Wildman–Crippen LogP) is 1.94. The molecule has 1 aromatic rings. The molecular formula is C14H22N4O2. The molecule has 0 radical (unpaired) electrons. The minimum Gasteiger partial charge on any atom is -0.453 e. The van der Waals surface area contributed by atoms with E-state index < -0.39 is 6.09 Å². The predicted molar refractivity (Wildman–Crippen MR) is 80.9 cm³/mol. The Morgan fingerprint density at radius 3 is 2.45 bits per heavy atom. The second-order valence-corrected chi connectivity index (χ2v) is 4.54. The zero-order valence-electron chi connectivity index (χ0n) is 12.4. The molecule has 0 saturated carbocycles. The summed E-state index contributed by atoms with van der Waals surface area (Å²) in [5.41, 5.74) is 1.79. The summed E-state index contributed by atoms with van der Waals surface area (Å²) in [6, 6.07) is 7.84. The normalized spacial score (nSPS) is 11.2. The number of aliphatic imine (C=N–C) groups is 1. The minimum atomic E-state index is -0.475. The average Bonchev–Trinajstić information content (AvgIpc) is 2.44. The van der Waals surface area contributed by atoms with Crippen LogP contribution in [0.3, 0.4) is 0 Å². The first-order chi connectivity index (χ1) is 9.55. The number of hydrogen-bond donors (Lipinski definition) is 3. The van der Waals surface area contributed by atoms with Crippen molar-refractivity contribution < 1.29 is 9.53 Å². The SMILES string of the molecule is CN=C(NCc1ccc(NC(=O)OC)cc1)NC(C)C. The monoisotopic (exact) mass is 278 g/mol. The highest BCUT2D eigenvalue weighted by Gasteiger charge is 2.02. The van der Waals surface area contributed by atoms with Crippen molar-refractivity contribution >= 4 is 17.7 Å². The molecule has 0 aliphatic carbocycles. The highest BCUT2D eigenvalue weighted by molar-refractivity contribution is 5.84. The van der Waals surface area contributed by atoms with E-state index in [1.165, 1.54) is 7.11 Å². The Balaban J connectivity index is 2.51. The Morgan fingerprint density at radius 2 is 1.95 bits per heavy atom. The Bertz CT molecular complexity index is 455. The van der Waals surface area contributed by atoms with Crippen LogP contribution in [0.25, 0.3) is 0 Å². The van der Waals surface area contributed by atoms with Crippen molar-refractivity contribution in [1.29, 1.82) is 0 Å². The van der Waals surface area contributed by atoms with Gasteiger partial charge in [-0.15, -0.1) is 0 Å². The fourth-order valence-corrected chi connectivity index (χ4v) is 1.53. The molecule has 0 heterocycles. The summed E-state index contributed by atoms with van der Waals surface area (Å²) in [6.07, 6.45) is -0.475. The van der Waals surface area contributed by atoms with Crippen molar-refractivity contribution in [3.8, 4) is 0 Å². The summed E-state index contributed by atoms with van der Waals surface area (Å²) in [5.74, 6) is 0.761. The van der Waals surface area contributed by atoms with Crippen LogP contribution < -0.4 is 16.0 Å². The van der Waals surface area contributed by atoms with Gasteiger partial charge < -0.3 is 15.4 Å². The first-order valence-corrected chi connectivity index (χ1v) is 6.46. The maximum Gasteiger partial charge on any atom is 0.411 e. The third kappa shape index (κ3) is 5.60. The van der Waals surface area contributed by atoms with Gasteiger partial charge >= 0.3 is 6.09 Å². The Kier molecular flexibility index (Phi) is 6.36. The van der Waals surface area contributed by atoms with Crippen molar-refractivity contribution in [2.45, 2.75) is 26.4 Å². The van der Waals surface area contributed by atoms with Crippen molar-refractivity contribution in [3.05, 3.63) is 29.8 Å². The molecular weight excluding hydrogens is 256 g/mol. The largest absolute Gasteiger partial charge is 0.453 e. The van der Waals surface area contributed by atoms with Crippen LogP contribution in [-0.2, 0) is 11.3 Å². The van der Waals surface area contributed by atoms with E-state index in [0.29, 0.717) is 18.3 Å². The molecule has 0 saturated heterocycles. The third-order valence-electron chi connectivity index (χ3n) is 2.49. The molecule has 1 aromatic carbocycles. The molecule has 0 atom stereocenters. The fraction of sp³-hybridized carbons (Fsp3) is 0.429. The zero-order valence-corrected chi connectivity index (χ0v) is 12.4. The van der Waals surface area contributed by atoms with Gasteiger partial charge in [-0.25, -0.2) is 4.79 Å². The summed E-state index contributed by atoms with van der Waals surface area (Å²) < 4.78 is 4.53. The number of rotatable bonds is 4. The Labute approximate surface area is 119 Å². The van der Waals surface area contributed by atoms with Gasteiger partial charge in [0.2, 0.25) is 0 Å². The molecule has 6 nitrogen and oxygen atoms in total. The standard InChI is InChI=1S/C14H22N4O2/c1-10(2)17-13(15-3)16-9-11-5-7-12(8-6-11)18-14(19)20-4/h5-8,10H,9H2,1-4H3,(H,18,19)(H2,15,16,17). The average molecular weight is 278 g/mol. The molecule has 20 heavy (non-hydrogen) atoms. The van der Waals surface area contributed by atoms with E-state index in [1.807, 2.05) is 24.3 Å². The van der Waals surface area contributed by atoms with E-state index >= 15 is 0 Å². The van der Waals surface area contributed by atoms with E-state index in [1.54, 1.807) is 7.05 Å². The lowest BCUT2D eigenvalue weighted by molar-refractivity contribution is 0.187.